The molecule has 0 aromatic carbocycles. The van der Waals surface area contributed by atoms with Crippen LogP contribution in [0, 0.1) is 11.8 Å². The first-order valence-electron chi connectivity index (χ1n) is 5.97. The summed E-state index contributed by atoms with van der Waals surface area (Å²) < 4.78 is 0. The van der Waals surface area contributed by atoms with Crippen LogP contribution in [0.25, 0.3) is 0 Å². The van der Waals surface area contributed by atoms with Crippen molar-refractivity contribution < 1.29 is 4.79 Å². The molecule has 0 bridgehead atoms. The zero-order valence-corrected chi connectivity index (χ0v) is 11.4. The van der Waals surface area contributed by atoms with Crippen molar-refractivity contribution in [1.82, 2.24) is 4.90 Å². The number of rotatable bonds is 4. The van der Waals surface area contributed by atoms with Crippen LogP contribution in [0.3, 0.4) is 0 Å². The second-order valence-electron chi connectivity index (χ2n) is 4.93. The van der Waals surface area contributed by atoms with E-state index in [4.69, 9.17) is 0 Å². The van der Waals surface area contributed by atoms with Crippen LogP contribution in [0.5, 0.6) is 0 Å². The Kier molecular flexibility index (Phi) is 5.65. The zero-order chi connectivity index (χ0) is 11.3. The Bertz CT molecular complexity index is 206. The number of nitrogens with zero attached hydrogens (tertiary/aromatic N) is 1. The lowest BCUT2D eigenvalue weighted by atomic mass is 9.99. The minimum absolute atomic E-state index is 0.356. The molecule has 1 aliphatic heterocycles. The molecule has 1 aliphatic rings. The van der Waals surface area contributed by atoms with E-state index in [2.05, 4.69) is 34.7 Å². The smallest absolute Gasteiger partial charge is 0.222 e. The molecule has 2 nitrogen and oxygen atoms in total. The maximum atomic E-state index is 11.9. The Balaban J connectivity index is 2.32. The van der Waals surface area contributed by atoms with E-state index in [1.165, 1.54) is 12.8 Å². The summed E-state index contributed by atoms with van der Waals surface area (Å²) in [5, 5.41) is 1.03. The van der Waals surface area contributed by atoms with Crippen LogP contribution in [-0.4, -0.2) is 29.2 Å². The van der Waals surface area contributed by atoms with Gasteiger partial charge >= 0.3 is 0 Å². The lowest BCUT2D eigenvalue weighted by Gasteiger charge is -2.32. The molecule has 0 aliphatic carbocycles. The highest BCUT2D eigenvalue weighted by Crippen LogP contribution is 2.19. The minimum atomic E-state index is 0.356. The molecule has 1 heterocycles. The van der Waals surface area contributed by atoms with Crippen molar-refractivity contribution >= 4 is 21.8 Å². The third kappa shape index (κ3) is 4.54. The summed E-state index contributed by atoms with van der Waals surface area (Å²) in [5.41, 5.74) is 0. The first-order valence-corrected chi connectivity index (χ1v) is 7.09. The lowest BCUT2D eigenvalue weighted by Crippen LogP contribution is -2.40. The van der Waals surface area contributed by atoms with E-state index < -0.39 is 0 Å². The summed E-state index contributed by atoms with van der Waals surface area (Å²) in [6, 6.07) is 0. The van der Waals surface area contributed by atoms with E-state index in [-0.39, 0.29) is 0 Å². The maximum absolute atomic E-state index is 11.9. The second-order valence-corrected chi connectivity index (χ2v) is 5.58. The fourth-order valence-corrected chi connectivity index (χ4v) is 2.52. The average Bonchev–Trinajstić information content (AvgIpc) is 2.26. The molecule has 0 aromatic heterocycles. The predicted octanol–water partition coefficient (Wildman–Crippen LogP) is 3.06. The number of likely N-dealkylation sites (tertiary alicyclic amines) is 1. The zero-order valence-electron chi connectivity index (χ0n) is 9.84. The monoisotopic (exact) mass is 275 g/mol. The van der Waals surface area contributed by atoms with Gasteiger partial charge in [0.1, 0.15) is 0 Å². The summed E-state index contributed by atoms with van der Waals surface area (Å²) in [4.78, 5) is 13.9. The SMILES string of the molecule is CC(C)CCC(=O)N1CCCC(CBr)C1. The first kappa shape index (κ1) is 13.0. The normalized spacial score (nSPS) is 22.1. The van der Waals surface area contributed by atoms with Gasteiger partial charge in [-0.1, -0.05) is 29.8 Å². The topological polar surface area (TPSA) is 20.3 Å². The summed E-state index contributed by atoms with van der Waals surface area (Å²) in [7, 11) is 0. The summed E-state index contributed by atoms with van der Waals surface area (Å²) >= 11 is 3.51. The van der Waals surface area contributed by atoms with E-state index in [9.17, 15) is 4.79 Å². The van der Waals surface area contributed by atoms with Crippen LogP contribution in [0.1, 0.15) is 39.5 Å². The molecular formula is C12H22BrNO. The van der Waals surface area contributed by atoms with Crippen LogP contribution >= 0.6 is 15.9 Å². The number of carbonyl (C=O) groups excluding carboxylic acids is 1. The van der Waals surface area contributed by atoms with Gasteiger partial charge in [-0.05, 0) is 31.1 Å². The molecular weight excluding hydrogens is 254 g/mol. The number of halogens is 1. The van der Waals surface area contributed by atoms with E-state index in [0.29, 0.717) is 17.7 Å². The number of hydrogen-bond donors (Lipinski definition) is 0. The van der Waals surface area contributed by atoms with Crippen LogP contribution in [-0.2, 0) is 4.79 Å². The standard InChI is InChI=1S/C12H22BrNO/c1-10(2)5-6-12(15)14-7-3-4-11(8-13)9-14/h10-11H,3-9H2,1-2H3. The molecule has 1 atom stereocenters. The van der Waals surface area contributed by atoms with Crippen molar-refractivity contribution in [2.45, 2.75) is 39.5 Å². The van der Waals surface area contributed by atoms with Gasteiger partial charge in [-0.3, -0.25) is 4.79 Å². The molecule has 1 unspecified atom stereocenters. The largest absolute Gasteiger partial charge is 0.342 e. The number of hydrogen-bond acceptors (Lipinski definition) is 1. The third-order valence-electron chi connectivity index (χ3n) is 3.03. The molecule has 0 N–H and O–H groups in total. The highest BCUT2D eigenvalue weighted by Gasteiger charge is 2.22. The van der Waals surface area contributed by atoms with Crippen LogP contribution in [0.4, 0.5) is 0 Å². The van der Waals surface area contributed by atoms with Gasteiger partial charge < -0.3 is 4.90 Å². The van der Waals surface area contributed by atoms with Gasteiger partial charge in [-0.15, -0.1) is 0 Å². The molecule has 0 saturated carbocycles. The Morgan fingerprint density at radius 1 is 1.53 bits per heavy atom. The first-order chi connectivity index (χ1) is 7.13. The quantitative estimate of drug-likeness (QED) is 0.723. The number of piperidine rings is 1. The Morgan fingerprint density at radius 2 is 2.27 bits per heavy atom. The molecule has 1 saturated heterocycles. The van der Waals surface area contributed by atoms with Crippen LogP contribution < -0.4 is 0 Å². The van der Waals surface area contributed by atoms with E-state index in [1.807, 2.05) is 0 Å². The van der Waals surface area contributed by atoms with Gasteiger partial charge in [0, 0.05) is 24.8 Å². The van der Waals surface area contributed by atoms with Gasteiger partial charge in [0.15, 0.2) is 0 Å². The van der Waals surface area contributed by atoms with E-state index >= 15 is 0 Å². The van der Waals surface area contributed by atoms with Gasteiger partial charge in [-0.2, -0.15) is 0 Å². The van der Waals surface area contributed by atoms with Crippen molar-refractivity contribution in [2.24, 2.45) is 11.8 Å². The highest BCUT2D eigenvalue weighted by atomic mass is 79.9. The molecule has 0 spiro atoms. The van der Waals surface area contributed by atoms with E-state index in [1.54, 1.807) is 0 Å². The number of carbonyl (C=O) groups is 1. The summed E-state index contributed by atoms with van der Waals surface area (Å²) in [5.74, 6) is 1.65. The molecule has 3 heteroatoms. The van der Waals surface area contributed by atoms with Gasteiger partial charge in [0.2, 0.25) is 5.91 Å². The van der Waals surface area contributed by atoms with E-state index in [0.717, 1.165) is 31.3 Å². The fourth-order valence-electron chi connectivity index (χ4n) is 1.99. The molecule has 15 heavy (non-hydrogen) atoms. The van der Waals surface area contributed by atoms with Crippen molar-refractivity contribution in [2.75, 3.05) is 18.4 Å². The molecule has 0 aromatic rings. The lowest BCUT2D eigenvalue weighted by molar-refractivity contribution is -0.133. The molecule has 1 amide bonds. The predicted molar refractivity (Wildman–Crippen MR) is 67.2 cm³/mol. The van der Waals surface area contributed by atoms with Gasteiger partial charge in [-0.25, -0.2) is 0 Å². The van der Waals surface area contributed by atoms with Crippen molar-refractivity contribution in [3.8, 4) is 0 Å². The number of alkyl halides is 1. The molecule has 0 radical (unpaired) electrons. The maximum Gasteiger partial charge on any atom is 0.222 e. The second kappa shape index (κ2) is 6.51. The summed E-state index contributed by atoms with van der Waals surface area (Å²) in [6.45, 7) is 6.28. The van der Waals surface area contributed by atoms with Gasteiger partial charge in [0.25, 0.3) is 0 Å². The van der Waals surface area contributed by atoms with Crippen molar-refractivity contribution in [3.63, 3.8) is 0 Å². The average molecular weight is 276 g/mol. The molecule has 1 fully saturated rings. The highest BCUT2D eigenvalue weighted by molar-refractivity contribution is 9.09. The Labute approximate surface area is 102 Å². The van der Waals surface area contributed by atoms with Crippen molar-refractivity contribution in [1.29, 1.82) is 0 Å². The summed E-state index contributed by atoms with van der Waals surface area (Å²) in [6.07, 6.45) is 4.18. The number of amides is 1. The van der Waals surface area contributed by atoms with Gasteiger partial charge in [0.05, 0.1) is 0 Å². The van der Waals surface area contributed by atoms with Crippen LogP contribution in [0.15, 0.2) is 0 Å². The minimum Gasteiger partial charge on any atom is -0.342 e. The molecule has 1 rings (SSSR count). The van der Waals surface area contributed by atoms with Crippen LogP contribution in [0.2, 0.25) is 0 Å². The third-order valence-corrected chi connectivity index (χ3v) is 3.94. The Morgan fingerprint density at radius 3 is 2.87 bits per heavy atom. The Hall–Kier alpha value is -0.0500. The molecule has 88 valence electrons. The van der Waals surface area contributed by atoms with Crippen molar-refractivity contribution in [3.05, 3.63) is 0 Å². The fraction of sp³-hybridized carbons (Fsp3) is 0.917.